The van der Waals surface area contributed by atoms with Crippen LogP contribution in [0.3, 0.4) is 0 Å². The molecule has 0 aromatic heterocycles. The minimum absolute atomic E-state index is 0.792. The van der Waals surface area contributed by atoms with Crippen LogP contribution in [0, 0.1) is 0 Å². The van der Waals surface area contributed by atoms with Crippen LogP contribution in [0.4, 0.5) is 34.1 Å². The Balaban J connectivity index is 1.66. The Morgan fingerprint density at radius 3 is 0.970 bits per heavy atom. The first-order chi connectivity index (χ1) is 16.1. The lowest BCUT2D eigenvalue weighted by Crippen LogP contribution is -1.98. The van der Waals surface area contributed by atoms with Gasteiger partial charge in [-0.15, -0.1) is 0 Å². The molecule has 4 aromatic rings. The van der Waals surface area contributed by atoms with Gasteiger partial charge in [0.05, 0.1) is 21.3 Å². The van der Waals surface area contributed by atoms with E-state index in [2.05, 4.69) is 34.1 Å². The van der Waals surface area contributed by atoms with E-state index in [1.54, 1.807) is 21.3 Å². The Morgan fingerprint density at radius 2 is 0.697 bits per heavy atom. The van der Waals surface area contributed by atoms with Crippen molar-refractivity contribution in [2.24, 2.45) is 0 Å². The molecule has 33 heavy (non-hydrogen) atoms. The van der Waals surface area contributed by atoms with Crippen LogP contribution in [0.5, 0.6) is 17.2 Å². The maximum Gasteiger partial charge on any atom is 0.120 e. The van der Waals surface area contributed by atoms with E-state index in [-0.39, 0.29) is 0 Å². The zero-order valence-corrected chi connectivity index (χ0v) is 18.9. The lowest BCUT2D eigenvalue weighted by Gasteiger charge is -2.16. The Bertz CT molecular complexity index is 1060. The lowest BCUT2D eigenvalue weighted by atomic mass is 10.2. The third kappa shape index (κ3) is 5.89. The molecule has 0 aliphatic carbocycles. The van der Waals surface area contributed by atoms with Gasteiger partial charge in [0.25, 0.3) is 0 Å². The van der Waals surface area contributed by atoms with Gasteiger partial charge < -0.3 is 30.2 Å². The molecule has 4 aromatic carbocycles. The molecule has 0 amide bonds. The summed E-state index contributed by atoms with van der Waals surface area (Å²) in [7, 11) is 4.98. The minimum atomic E-state index is 0.792. The SMILES string of the molecule is COc1cccc(Nc2cc(Nc3cccc(OC)c3)cc(Nc3cccc(OC)c3)c2)c1. The maximum absolute atomic E-state index is 5.35. The van der Waals surface area contributed by atoms with Gasteiger partial charge in [-0.05, 0) is 54.6 Å². The molecule has 0 fully saturated rings. The molecule has 0 aliphatic heterocycles. The second kappa shape index (κ2) is 10.3. The number of hydrogen-bond acceptors (Lipinski definition) is 6. The van der Waals surface area contributed by atoms with Gasteiger partial charge in [-0.25, -0.2) is 0 Å². The third-order valence-corrected chi connectivity index (χ3v) is 5.01. The van der Waals surface area contributed by atoms with E-state index in [4.69, 9.17) is 14.2 Å². The van der Waals surface area contributed by atoms with E-state index in [0.717, 1.165) is 51.4 Å². The van der Waals surface area contributed by atoms with E-state index in [1.807, 2.05) is 72.8 Å². The van der Waals surface area contributed by atoms with Crippen LogP contribution in [-0.4, -0.2) is 21.3 Å². The van der Waals surface area contributed by atoms with Crippen LogP contribution < -0.4 is 30.2 Å². The predicted molar refractivity (Wildman–Crippen MR) is 135 cm³/mol. The highest BCUT2D eigenvalue weighted by atomic mass is 16.5. The average molecular weight is 442 g/mol. The molecule has 3 N–H and O–H groups in total. The molecular formula is C27H27N3O3. The average Bonchev–Trinajstić information content (AvgIpc) is 2.84. The van der Waals surface area contributed by atoms with E-state index >= 15 is 0 Å². The summed E-state index contributed by atoms with van der Waals surface area (Å²) in [5.74, 6) is 2.38. The van der Waals surface area contributed by atoms with Crippen molar-refractivity contribution in [3.63, 3.8) is 0 Å². The molecule has 168 valence electrons. The van der Waals surface area contributed by atoms with E-state index in [0.29, 0.717) is 0 Å². The lowest BCUT2D eigenvalue weighted by molar-refractivity contribution is 0.415. The number of nitrogens with one attached hydrogen (secondary N) is 3. The van der Waals surface area contributed by atoms with Crippen molar-refractivity contribution < 1.29 is 14.2 Å². The monoisotopic (exact) mass is 441 g/mol. The molecule has 0 saturated carbocycles. The number of hydrogen-bond donors (Lipinski definition) is 3. The summed E-state index contributed by atoms with van der Waals surface area (Å²) in [4.78, 5) is 0. The van der Waals surface area contributed by atoms with Gasteiger partial charge in [0.1, 0.15) is 17.2 Å². The first-order valence-electron chi connectivity index (χ1n) is 10.5. The topological polar surface area (TPSA) is 63.8 Å². The molecule has 4 rings (SSSR count). The summed E-state index contributed by atoms with van der Waals surface area (Å²) in [6, 6.07) is 29.6. The molecule has 0 aliphatic rings. The van der Waals surface area contributed by atoms with Gasteiger partial charge in [0, 0.05) is 52.3 Å². The fourth-order valence-corrected chi connectivity index (χ4v) is 3.45. The van der Waals surface area contributed by atoms with E-state index < -0.39 is 0 Å². The normalized spacial score (nSPS) is 10.3. The zero-order valence-electron chi connectivity index (χ0n) is 18.9. The summed E-state index contributed by atoms with van der Waals surface area (Å²) < 4.78 is 16.1. The van der Waals surface area contributed by atoms with E-state index in [9.17, 15) is 0 Å². The van der Waals surface area contributed by atoms with Crippen molar-refractivity contribution >= 4 is 34.1 Å². The van der Waals surface area contributed by atoms with Gasteiger partial charge in [0.2, 0.25) is 0 Å². The Labute approximate surface area is 194 Å². The van der Waals surface area contributed by atoms with Gasteiger partial charge >= 0.3 is 0 Å². The standard InChI is InChI=1S/C27H27N3O3/c1-31-25-10-4-7-19(16-25)28-22-13-23(29-20-8-5-11-26(17-20)32-2)15-24(14-22)30-21-9-6-12-27(18-21)33-3/h4-18,28-30H,1-3H3. The van der Waals surface area contributed by atoms with Crippen LogP contribution in [0.1, 0.15) is 0 Å². The Kier molecular flexibility index (Phi) is 6.85. The summed E-state index contributed by atoms with van der Waals surface area (Å²) in [6.45, 7) is 0. The van der Waals surface area contributed by atoms with Crippen LogP contribution >= 0.6 is 0 Å². The molecular weight excluding hydrogens is 414 g/mol. The molecule has 0 radical (unpaired) electrons. The van der Waals surface area contributed by atoms with Crippen molar-refractivity contribution in [3.05, 3.63) is 91.0 Å². The molecule has 0 saturated heterocycles. The summed E-state index contributed by atoms with van der Waals surface area (Å²) >= 11 is 0. The second-order valence-corrected chi connectivity index (χ2v) is 7.37. The third-order valence-electron chi connectivity index (χ3n) is 5.01. The van der Waals surface area contributed by atoms with Crippen molar-refractivity contribution in [2.45, 2.75) is 0 Å². The largest absolute Gasteiger partial charge is 0.497 e. The smallest absolute Gasteiger partial charge is 0.120 e. The summed E-state index contributed by atoms with van der Waals surface area (Å²) in [5.41, 5.74) is 5.55. The van der Waals surface area contributed by atoms with Crippen LogP contribution in [-0.2, 0) is 0 Å². The highest BCUT2D eigenvalue weighted by molar-refractivity contribution is 5.77. The minimum Gasteiger partial charge on any atom is -0.497 e. The van der Waals surface area contributed by atoms with Crippen LogP contribution in [0.2, 0.25) is 0 Å². The van der Waals surface area contributed by atoms with Gasteiger partial charge in [-0.3, -0.25) is 0 Å². The quantitative estimate of drug-likeness (QED) is 0.261. The second-order valence-electron chi connectivity index (χ2n) is 7.37. The molecule has 0 spiro atoms. The number of methoxy groups -OCH3 is 3. The number of anilines is 6. The summed E-state index contributed by atoms with van der Waals surface area (Å²) in [6.07, 6.45) is 0. The van der Waals surface area contributed by atoms with Gasteiger partial charge in [-0.2, -0.15) is 0 Å². The van der Waals surface area contributed by atoms with Gasteiger partial charge in [-0.1, -0.05) is 18.2 Å². The molecule has 6 nitrogen and oxygen atoms in total. The molecule has 0 bridgehead atoms. The molecule has 0 unspecified atom stereocenters. The van der Waals surface area contributed by atoms with Crippen LogP contribution in [0.25, 0.3) is 0 Å². The molecule has 6 heteroatoms. The highest BCUT2D eigenvalue weighted by Crippen LogP contribution is 2.31. The van der Waals surface area contributed by atoms with Crippen molar-refractivity contribution in [1.29, 1.82) is 0 Å². The number of ether oxygens (including phenoxy) is 3. The highest BCUT2D eigenvalue weighted by Gasteiger charge is 2.06. The Hall–Kier alpha value is -4.32. The van der Waals surface area contributed by atoms with Gasteiger partial charge in [0.15, 0.2) is 0 Å². The predicted octanol–water partition coefficient (Wildman–Crippen LogP) is 6.94. The first-order valence-corrected chi connectivity index (χ1v) is 10.5. The zero-order chi connectivity index (χ0) is 23.0. The van der Waals surface area contributed by atoms with Crippen molar-refractivity contribution in [3.8, 4) is 17.2 Å². The fraction of sp³-hybridized carbons (Fsp3) is 0.111. The van der Waals surface area contributed by atoms with Crippen molar-refractivity contribution in [1.82, 2.24) is 0 Å². The molecule has 0 atom stereocenters. The van der Waals surface area contributed by atoms with Crippen molar-refractivity contribution in [2.75, 3.05) is 37.3 Å². The Morgan fingerprint density at radius 1 is 0.394 bits per heavy atom. The number of rotatable bonds is 9. The number of benzene rings is 4. The van der Waals surface area contributed by atoms with E-state index in [1.165, 1.54) is 0 Å². The van der Waals surface area contributed by atoms with Crippen LogP contribution in [0.15, 0.2) is 91.0 Å². The summed E-state index contributed by atoms with van der Waals surface area (Å²) in [5, 5.41) is 10.4. The fourth-order valence-electron chi connectivity index (χ4n) is 3.45. The first kappa shape index (κ1) is 21.9. The maximum atomic E-state index is 5.35. The molecule has 0 heterocycles.